The third-order valence-corrected chi connectivity index (χ3v) is 10.4. The summed E-state index contributed by atoms with van der Waals surface area (Å²) in [7, 11) is -4.19. The fourth-order valence-corrected chi connectivity index (χ4v) is 8.16. The summed E-state index contributed by atoms with van der Waals surface area (Å²) in [5.41, 5.74) is -2.40. The van der Waals surface area contributed by atoms with Crippen molar-refractivity contribution in [3.05, 3.63) is 58.4 Å². The number of fused-ring (bicyclic) bond motifs is 2. The number of rotatable bonds is 8. The van der Waals surface area contributed by atoms with Crippen LogP contribution in [-0.2, 0) is 19.4 Å². The van der Waals surface area contributed by atoms with Gasteiger partial charge in [0, 0.05) is 30.3 Å². The normalized spacial score (nSPS) is 25.8. The summed E-state index contributed by atoms with van der Waals surface area (Å²) in [4.78, 5) is 23.4. The van der Waals surface area contributed by atoms with Crippen molar-refractivity contribution in [3.63, 3.8) is 0 Å². The van der Waals surface area contributed by atoms with Crippen LogP contribution in [0.25, 0.3) is 0 Å². The van der Waals surface area contributed by atoms with E-state index in [1.807, 2.05) is 0 Å². The van der Waals surface area contributed by atoms with E-state index in [0.29, 0.717) is 25.0 Å². The quantitative estimate of drug-likeness (QED) is 0.265. The van der Waals surface area contributed by atoms with Crippen molar-refractivity contribution >= 4 is 39.0 Å². The van der Waals surface area contributed by atoms with Gasteiger partial charge in [0.1, 0.15) is 18.8 Å². The number of hydrogen-bond acceptors (Lipinski definition) is 8. The topological polar surface area (TPSA) is 150 Å². The maximum Gasteiger partial charge on any atom is 0.302 e. The molecular weight excluding hydrogens is 579 g/mol. The van der Waals surface area contributed by atoms with Gasteiger partial charge in [-0.2, -0.15) is 0 Å². The average Bonchev–Trinajstić information content (AvgIpc) is 3.05. The highest BCUT2D eigenvalue weighted by molar-refractivity contribution is 7.92. The van der Waals surface area contributed by atoms with Gasteiger partial charge in [-0.15, -0.1) is 0 Å². The predicted octanol–water partition coefficient (Wildman–Crippen LogP) is 2.99. The second kappa shape index (κ2) is 11.3. The van der Waals surface area contributed by atoms with Crippen LogP contribution in [0.4, 0.5) is 18.9 Å². The molecular formula is C26H27ClF3NO8S. The van der Waals surface area contributed by atoms with Crippen molar-refractivity contribution < 1.29 is 51.2 Å². The molecule has 2 aliphatic rings. The monoisotopic (exact) mass is 605 g/mol. The van der Waals surface area contributed by atoms with Gasteiger partial charge in [-0.3, -0.25) is 9.59 Å². The van der Waals surface area contributed by atoms with Gasteiger partial charge in [0.05, 0.1) is 20.8 Å². The molecule has 4 rings (SSSR count). The Morgan fingerprint density at radius 1 is 1.10 bits per heavy atom. The minimum atomic E-state index is -4.19. The number of amides is 1. The summed E-state index contributed by atoms with van der Waals surface area (Å²) in [5, 5.41) is 33.4. The lowest BCUT2D eigenvalue weighted by Gasteiger charge is -2.46. The minimum absolute atomic E-state index is 0.0758. The Balaban J connectivity index is 1.55. The van der Waals surface area contributed by atoms with Gasteiger partial charge in [-0.05, 0) is 55.7 Å². The first-order chi connectivity index (χ1) is 18.7. The summed E-state index contributed by atoms with van der Waals surface area (Å²) in [6, 6.07) is 4.54. The highest BCUT2D eigenvalue weighted by atomic mass is 35.5. The lowest BCUT2D eigenvalue weighted by Crippen LogP contribution is -2.60. The zero-order valence-electron chi connectivity index (χ0n) is 21.1. The number of esters is 1. The number of carbonyl (C=O) groups excluding carboxylic acids is 2. The molecule has 0 aliphatic heterocycles. The van der Waals surface area contributed by atoms with E-state index < -0.39 is 86.4 Å². The highest BCUT2D eigenvalue weighted by Gasteiger charge is 2.60. The van der Waals surface area contributed by atoms with E-state index in [4.69, 9.17) is 16.3 Å². The van der Waals surface area contributed by atoms with E-state index in [-0.39, 0.29) is 28.3 Å². The number of ether oxygens (including phenoxy) is 1. The molecule has 218 valence electrons. The van der Waals surface area contributed by atoms with Crippen molar-refractivity contribution in [1.82, 2.24) is 0 Å². The molecule has 9 nitrogen and oxygen atoms in total. The molecule has 0 radical (unpaired) electrons. The zero-order chi connectivity index (χ0) is 29.6. The lowest BCUT2D eigenvalue weighted by molar-refractivity contribution is -0.187. The van der Waals surface area contributed by atoms with Gasteiger partial charge in [-0.25, -0.2) is 21.6 Å². The third-order valence-electron chi connectivity index (χ3n) is 7.74. The van der Waals surface area contributed by atoms with Crippen molar-refractivity contribution in [3.8, 4) is 0 Å². The second-order valence-electron chi connectivity index (χ2n) is 10.2. The molecule has 2 aromatic carbocycles. The number of halogens is 4. The average molecular weight is 606 g/mol. The third kappa shape index (κ3) is 5.57. The lowest BCUT2D eigenvalue weighted by atomic mass is 9.70. The van der Waals surface area contributed by atoms with E-state index in [1.54, 1.807) is 0 Å². The van der Waals surface area contributed by atoms with Crippen molar-refractivity contribution in [2.75, 3.05) is 11.9 Å². The smallest absolute Gasteiger partial charge is 0.302 e. The zero-order valence-corrected chi connectivity index (χ0v) is 22.7. The first-order valence-corrected chi connectivity index (χ1v) is 14.3. The maximum atomic E-state index is 13.7. The van der Waals surface area contributed by atoms with Gasteiger partial charge in [0.15, 0.2) is 27.3 Å². The number of aliphatic hydroxyl groups excluding tert-OH is 2. The van der Waals surface area contributed by atoms with Crippen LogP contribution in [0.5, 0.6) is 0 Å². The molecule has 6 atom stereocenters. The second-order valence-corrected chi connectivity index (χ2v) is 12.8. The summed E-state index contributed by atoms with van der Waals surface area (Å²) in [6.07, 6.45) is -2.67. The van der Waals surface area contributed by atoms with Crippen LogP contribution in [0, 0.1) is 29.3 Å². The van der Waals surface area contributed by atoms with E-state index in [1.165, 1.54) is 12.1 Å². The Bertz CT molecular complexity index is 1400. The number of carbonyl (C=O) groups is 2. The van der Waals surface area contributed by atoms with Crippen LogP contribution in [0.3, 0.4) is 0 Å². The van der Waals surface area contributed by atoms with Gasteiger partial charge in [-0.1, -0.05) is 11.6 Å². The van der Waals surface area contributed by atoms with Crippen LogP contribution < -0.4 is 5.32 Å². The molecule has 14 heteroatoms. The molecule has 4 N–H and O–H groups in total. The van der Waals surface area contributed by atoms with Crippen molar-refractivity contribution in [2.45, 2.75) is 60.6 Å². The largest absolute Gasteiger partial charge is 0.463 e. The highest BCUT2D eigenvalue weighted by Crippen LogP contribution is 2.54. The molecule has 0 aromatic heterocycles. The number of sulfone groups is 1. The molecule has 0 spiro atoms. The molecule has 2 bridgehead atoms. The van der Waals surface area contributed by atoms with Crippen molar-refractivity contribution in [1.29, 1.82) is 0 Å². The Labute approximate surface area is 232 Å². The van der Waals surface area contributed by atoms with Gasteiger partial charge >= 0.3 is 5.97 Å². The van der Waals surface area contributed by atoms with E-state index in [2.05, 4.69) is 5.32 Å². The number of benzene rings is 2. The van der Waals surface area contributed by atoms with E-state index in [9.17, 15) is 46.5 Å². The van der Waals surface area contributed by atoms with E-state index in [0.717, 1.165) is 13.0 Å². The molecule has 2 unspecified atom stereocenters. The molecule has 0 saturated heterocycles. The fourth-order valence-electron chi connectivity index (χ4n) is 5.75. The van der Waals surface area contributed by atoms with Gasteiger partial charge in [0.2, 0.25) is 0 Å². The Morgan fingerprint density at radius 3 is 2.23 bits per heavy atom. The van der Waals surface area contributed by atoms with Crippen LogP contribution in [0.15, 0.2) is 35.2 Å². The molecule has 2 aliphatic carbocycles. The van der Waals surface area contributed by atoms with Crippen LogP contribution >= 0.6 is 11.6 Å². The summed E-state index contributed by atoms with van der Waals surface area (Å²) < 4.78 is 72.4. The Kier molecular flexibility index (Phi) is 8.53. The standard InChI is InChI=1S/C26H27ClF3NO8S/c1-12(32)39-11-21(33)24(34)26(36)14-3-4-15(26)8-17(7-14)40(37,38)22-6-13(2-5-18(22)27)25(35)31-16-9-19(28)23(30)20(29)10-16/h2,5-6,9-10,14-15,17,21,24,33-34,36H,3-4,7-8,11H2,1H3,(H,31,35)/t14-,15+,17?,21-,24+,26?/m0/s1. The summed E-state index contributed by atoms with van der Waals surface area (Å²) >= 11 is 6.20. The number of aliphatic hydroxyl groups is 3. The molecule has 2 fully saturated rings. The van der Waals surface area contributed by atoms with Crippen molar-refractivity contribution in [2.24, 2.45) is 11.8 Å². The summed E-state index contributed by atoms with van der Waals surface area (Å²) in [6.45, 7) is 0.585. The molecule has 2 saturated carbocycles. The SMILES string of the molecule is CC(=O)OC[C@H](O)[C@@H](O)C1(O)[C@@H]2CC[C@H]1CC(S(=O)(=O)c1cc(C(=O)Nc3cc(F)c(F)c(F)c3)ccc1Cl)C2. The molecule has 1 amide bonds. The van der Waals surface area contributed by atoms with Crippen LogP contribution in [-0.4, -0.2) is 65.3 Å². The number of hydrogen-bond donors (Lipinski definition) is 4. The minimum Gasteiger partial charge on any atom is -0.463 e. The molecule has 2 aromatic rings. The fraction of sp³-hybridized carbons (Fsp3) is 0.462. The maximum absolute atomic E-state index is 13.7. The first kappa shape index (κ1) is 30.3. The summed E-state index contributed by atoms with van der Waals surface area (Å²) in [5.74, 6) is -7.78. The van der Waals surface area contributed by atoms with Crippen LogP contribution in [0.2, 0.25) is 5.02 Å². The van der Waals surface area contributed by atoms with E-state index >= 15 is 0 Å². The Hall–Kier alpha value is -2.71. The molecule has 0 heterocycles. The molecule has 40 heavy (non-hydrogen) atoms. The number of nitrogens with one attached hydrogen (secondary N) is 1. The first-order valence-electron chi connectivity index (χ1n) is 12.4. The van der Waals surface area contributed by atoms with Gasteiger partial charge in [0.25, 0.3) is 5.91 Å². The Morgan fingerprint density at radius 2 is 1.68 bits per heavy atom. The van der Waals surface area contributed by atoms with Gasteiger partial charge < -0.3 is 25.4 Å². The number of anilines is 1. The predicted molar refractivity (Wildman–Crippen MR) is 136 cm³/mol. The van der Waals surface area contributed by atoms with Crippen LogP contribution in [0.1, 0.15) is 43.0 Å².